The molecule has 2 aliphatic carbocycles. The van der Waals surface area contributed by atoms with Gasteiger partial charge in [-0.05, 0) is 145 Å². The van der Waals surface area contributed by atoms with E-state index in [1.165, 1.54) is 50.6 Å². The summed E-state index contributed by atoms with van der Waals surface area (Å²) in [6.45, 7) is 11.0. The number of β-amino-alcohol motifs (C(OH)–C–C–N with tert-alkyl or cyclic N) is 1. The number of hydrogen-bond acceptors (Lipinski definition) is 16. The first-order chi connectivity index (χ1) is 37.2. The molecule has 16 nitrogen and oxygen atoms in total. The zero-order valence-corrected chi connectivity index (χ0v) is 45.2. The van der Waals surface area contributed by atoms with Gasteiger partial charge in [0.15, 0.2) is 35.9 Å². The number of aliphatic hydroxyl groups excluding tert-OH is 2. The number of fused-ring (bicyclic) bond motifs is 2. The SMILES string of the molecule is Cc1ncoc1COc1cc(F)c2c(c1C)CCN(C[C@@H](O)CCC(=O)c1ccnc(NC3CCC3)c1)C2.Cc1ncoc1COc1cc(F)c2c(c1C)CCNC2.O=C(CC[C@H](O)CCl)c1ccnc(NC2CCC2)c1. The number of aromatic nitrogens is 4. The summed E-state index contributed by atoms with van der Waals surface area (Å²) in [6.07, 6.45) is 14.7. The normalized spacial score (nSPS) is 16.0. The van der Waals surface area contributed by atoms with Crippen molar-refractivity contribution < 1.29 is 46.9 Å². The van der Waals surface area contributed by atoms with Crippen LogP contribution in [-0.2, 0) is 39.1 Å². The summed E-state index contributed by atoms with van der Waals surface area (Å²) >= 11 is 5.51. The molecule has 6 aromatic rings. The lowest BCUT2D eigenvalue weighted by atomic mass is 9.93. The Hall–Kier alpha value is -6.31. The number of ether oxygens (including phenoxy) is 2. The fourth-order valence-electron chi connectivity index (χ4n) is 9.61. The molecule has 6 heterocycles. The zero-order valence-electron chi connectivity index (χ0n) is 44.4. The lowest BCUT2D eigenvalue weighted by molar-refractivity contribution is 0.0833. The van der Waals surface area contributed by atoms with E-state index in [1.807, 2.05) is 32.6 Å². The van der Waals surface area contributed by atoms with Gasteiger partial charge in [-0.2, -0.15) is 0 Å². The molecule has 2 saturated carbocycles. The zero-order chi connectivity index (χ0) is 54.4. The maximum Gasteiger partial charge on any atom is 0.181 e. The van der Waals surface area contributed by atoms with Crippen molar-refractivity contribution in [3.05, 3.63) is 141 Å². The number of hydrogen-bond donors (Lipinski definition) is 5. The van der Waals surface area contributed by atoms with Crippen molar-refractivity contribution in [1.29, 1.82) is 0 Å². The van der Waals surface area contributed by atoms with Crippen molar-refractivity contribution >= 4 is 34.8 Å². The third kappa shape index (κ3) is 15.5. The van der Waals surface area contributed by atoms with Gasteiger partial charge in [0.05, 0.1) is 23.6 Å². The van der Waals surface area contributed by atoms with E-state index >= 15 is 4.39 Å². The Kier molecular flexibility index (Phi) is 20.2. The summed E-state index contributed by atoms with van der Waals surface area (Å²) in [7, 11) is 0. The number of oxazole rings is 2. The van der Waals surface area contributed by atoms with E-state index in [-0.39, 0.29) is 48.7 Å². The molecule has 2 aromatic carbocycles. The number of ketones is 2. The second-order valence-electron chi connectivity index (χ2n) is 20.4. The van der Waals surface area contributed by atoms with Gasteiger partial charge in [0, 0.05) is 104 Å². The maximum absolute atomic E-state index is 15.1. The Morgan fingerprint density at radius 1 is 0.727 bits per heavy atom. The molecule has 2 atom stereocenters. The van der Waals surface area contributed by atoms with Gasteiger partial charge in [0.2, 0.25) is 0 Å². The summed E-state index contributed by atoms with van der Waals surface area (Å²) < 4.78 is 51.3. The van der Waals surface area contributed by atoms with Crippen molar-refractivity contribution in [2.45, 2.75) is 155 Å². The number of carbonyl (C=O) groups is 2. The minimum Gasteiger partial charge on any atom is -0.485 e. The van der Waals surface area contributed by atoms with Gasteiger partial charge in [-0.15, -0.1) is 11.6 Å². The van der Waals surface area contributed by atoms with Gasteiger partial charge in [0.25, 0.3) is 0 Å². The topological polar surface area (TPSA) is 210 Å². The van der Waals surface area contributed by atoms with Crippen LogP contribution in [0.1, 0.15) is 141 Å². The van der Waals surface area contributed by atoms with E-state index in [1.54, 1.807) is 36.7 Å². The number of anilines is 2. The van der Waals surface area contributed by atoms with Gasteiger partial charge < -0.3 is 44.5 Å². The molecule has 10 rings (SSSR count). The van der Waals surface area contributed by atoms with Crippen molar-refractivity contribution in [2.75, 3.05) is 36.1 Å². The van der Waals surface area contributed by atoms with Gasteiger partial charge in [-0.1, -0.05) is 0 Å². The smallest absolute Gasteiger partial charge is 0.181 e. The van der Waals surface area contributed by atoms with Crippen molar-refractivity contribution in [2.24, 2.45) is 0 Å². The van der Waals surface area contributed by atoms with Crippen LogP contribution in [0.5, 0.6) is 11.5 Å². The van der Waals surface area contributed by atoms with Crippen LogP contribution in [0.2, 0.25) is 0 Å². The van der Waals surface area contributed by atoms with Crippen LogP contribution in [0.15, 0.2) is 70.4 Å². The van der Waals surface area contributed by atoms with Gasteiger partial charge in [0.1, 0.15) is 48.0 Å². The second kappa shape index (κ2) is 27.3. The summed E-state index contributed by atoms with van der Waals surface area (Å²) in [4.78, 5) is 43.4. The average molecular weight is 1080 g/mol. The summed E-state index contributed by atoms with van der Waals surface area (Å²) in [5.41, 5.74) is 8.16. The highest BCUT2D eigenvalue weighted by atomic mass is 35.5. The molecule has 0 spiro atoms. The van der Waals surface area contributed by atoms with Crippen LogP contribution >= 0.6 is 11.6 Å². The molecule has 19 heteroatoms. The second-order valence-corrected chi connectivity index (χ2v) is 20.7. The molecule has 77 heavy (non-hydrogen) atoms. The number of benzene rings is 2. The number of aryl methyl sites for hydroxylation is 2. The molecule has 0 unspecified atom stereocenters. The van der Waals surface area contributed by atoms with Crippen molar-refractivity contribution in [3.63, 3.8) is 0 Å². The standard InChI is InChI=1S/C29H35FN4O4.C15H17FN2O2.C14H19ClN2O2/c1-18-23-9-11-34(15-24(23)25(30)13-27(18)37-16-28-19(2)32-17-38-28)14-22(35)6-7-26(36)20-8-10-31-29(12-20)33-21-4-3-5-21;1-9-11-3-4-17-6-12(11)13(16)5-14(9)19-7-15-10(2)18-8-20-15;15-9-12(18)4-5-13(19)10-6-7-16-14(8-10)17-11-2-1-3-11/h8,10,12-13,17,21-22,35H,3-7,9,11,14-16H2,1-2H3,(H,31,33);5,8,17H,3-4,6-7H2,1-2H3;6-8,11-12,18H,1-5,9H2,(H,16,17)/t22-;;12-/m0.0/s1. The number of halogens is 3. The predicted octanol–water partition coefficient (Wildman–Crippen LogP) is 10.0. The monoisotopic (exact) mass is 1080 g/mol. The quantitative estimate of drug-likeness (QED) is 0.0335. The molecule has 0 radical (unpaired) electrons. The number of nitrogens with zero attached hydrogens (tertiary/aromatic N) is 5. The molecular weight excluding hydrogens is 1010 g/mol. The van der Waals surface area contributed by atoms with Crippen LogP contribution in [0, 0.1) is 39.3 Å². The van der Waals surface area contributed by atoms with Crippen molar-refractivity contribution in [1.82, 2.24) is 30.2 Å². The number of Topliss-reactive ketones (excluding diaryl/α,β-unsaturated/α-hetero) is 2. The van der Waals surface area contributed by atoms with Crippen LogP contribution in [-0.4, -0.2) is 96.4 Å². The fraction of sp³-hybridized carbons (Fsp3) is 0.483. The van der Waals surface area contributed by atoms with Gasteiger partial charge >= 0.3 is 0 Å². The highest BCUT2D eigenvalue weighted by Crippen LogP contribution is 2.34. The summed E-state index contributed by atoms with van der Waals surface area (Å²) in [5.74, 6) is 3.52. The highest BCUT2D eigenvalue weighted by Gasteiger charge is 2.27. The molecule has 2 fully saturated rings. The van der Waals surface area contributed by atoms with Crippen molar-refractivity contribution in [3.8, 4) is 11.5 Å². The first-order valence-corrected chi connectivity index (χ1v) is 27.3. The number of aliphatic hydroxyl groups is 2. The fourth-order valence-corrected chi connectivity index (χ4v) is 9.76. The molecule has 2 aliphatic heterocycles. The third-order valence-corrected chi connectivity index (χ3v) is 15.3. The Bertz CT molecular complexity index is 2950. The summed E-state index contributed by atoms with van der Waals surface area (Å²) in [5, 5.41) is 29.9. The number of rotatable bonds is 21. The number of pyridine rings is 2. The molecular formula is C58H71ClF2N8O8. The van der Waals surface area contributed by atoms with E-state index in [0.29, 0.717) is 104 Å². The predicted molar refractivity (Wildman–Crippen MR) is 289 cm³/mol. The summed E-state index contributed by atoms with van der Waals surface area (Å²) in [6, 6.07) is 10.8. The molecule has 0 amide bonds. The first-order valence-electron chi connectivity index (χ1n) is 26.7. The highest BCUT2D eigenvalue weighted by molar-refractivity contribution is 6.18. The average Bonchev–Trinajstić information content (AvgIpc) is 4.04. The lowest BCUT2D eigenvalue weighted by Crippen LogP contribution is -2.37. The minimum absolute atomic E-state index is 0.0122. The molecule has 0 bridgehead atoms. The molecule has 4 aromatic heterocycles. The van der Waals surface area contributed by atoms with E-state index in [9.17, 15) is 24.2 Å². The van der Waals surface area contributed by atoms with Crippen LogP contribution < -0.4 is 25.4 Å². The number of carbonyl (C=O) groups excluding carboxylic acids is 2. The first kappa shape index (κ1) is 56.9. The van der Waals surface area contributed by atoms with Crippen LogP contribution in [0.4, 0.5) is 20.4 Å². The Morgan fingerprint density at radius 2 is 1.23 bits per heavy atom. The lowest BCUT2D eigenvalue weighted by Gasteiger charge is -2.32. The van der Waals surface area contributed by atoms with E-state index in [4.69, 9.17) is 29.9 Å². The van der Waals surface area contributed by atoms with E-state index in [2.05, 4.69) is 35.9 Å². The number of nitrogens with one attached hydrogen (secondary N) is 3. The molecule has 412 valence electrons. The Labute approximate surface area is 453 Å². The molecule has 4 aliphatic rings. The van der Waals surface area contributed by atoms with Crippen LogP contribution in [0.25, 0.3) is 0 Å². The molecule has 5 N–H and O–H groups in total. The van der Waals surface area contributed by atoms with Crippen LogP contribution in [0.3, 0.4) is 0 Å². The number of alkyl halides is 1. The van der Waals surface area contributed by atoms with Gasteiger partial charge in [-0.25, -0.2) is 28.7 Å². The Balaban J connectivity index is 0.000000169. The largest absolute Gasteiger partial charge is 0.485 e. The minimum atomic E-state index is -0.674. The van der Waals surface area contributed by atoms with E-state index < -0.39 is 12.2 Å². The Morgan fingerprint density at radius 3 is 1.71 bits per heavy atom. The molecule has 0 saturated heterocycles. The third-order valence-electron chi connectivity index (χ3n) is 14.9. The maximum atomic E-state index is 15.1. The van der Waals surface area contributed by atoms with E-state index in [0.717, 1.165) is 76.6 Å². The van der Waals surface area contributed by atoms with Gasteiger partial charge in [-0.3, -0.25) is 14.5 Å².